The van der Waals surface area contributed by atoms with Gasteiger partial charge in [-0.3, -0.25) is 0 Å². The van der Waals surface area contributed by atoms with Crippen LogP contribution in [-0.4, -0.2) is 49.8 Å². The van der Waals surface area contributed by atoms with E-state index in [2.05, 4.69) is 24.1 Å². The summed E-state index contributed by atoms with van der Waals surface area (Å²) in [7, 11) is 0. The molecule has 1 N–H and O–H groups in total. The Morgan fingerprint density at radius 2 is 1.95 bits per heavy atom. The lowest BCUT2D eigenvalue weighted by atomic mass is 9.83. The molecule has 0 amide bonds. The Balaban J connectivity index is 1.80. The second-order valence-corrected chi connectivity index (χ2v) is 6.19. The number of piperidine rings is 1. The van der Waals surface area contributed by atoms with E-state index >= 15 is 0 Å². The van der Waals surface area contributed by atoms with Gasteiger partial charge in [-0.25, -0.2) is 0 Å². The molecule has 3 heteroatoms. The van der Waals surface area contributed by atoms with Gasteiger partial charge in [-0.1, -0.05) is 19.8 Å². The number of nitrogens with zero attached hydrogens (tertiary/aromatic N) is 1. The van der Waals surface area contributed by atoms with E-state index in [4.69, 9.17) is 4.74 Å². The molecular weight excluding hydrogens is 236 g/mol. The summed E-state index contributed by atoms with van der Waals surface area (Å²) in [5.41, 5.74) is 0. The lowest BCUT2D eigenvalue weighted by Gasteiger charge is -2.39. The van der Waals surface area contributed by atoms with E-state index < -0.39 is 0 Å². The second kappa shape index (κ2) is 8.23. The molecule has 3 atom stereocenters. The van der Waals surface area contributed by atoms with Gasteiger partial charge in [0, 0.05) is 25.7 Å². The van der Waals surface area contributed by atoms with Crippen LogP contribution in [0.15, 0.2) is 0 Å². The van der Waals surface area contributed by atoms with Crippen molar-refractivity contribution < 1.29 is 4.74 Å². The molecule has 0 aromatic carbocycles. The van der Waals surface area contributed by atoms with E-state index in [-0.39, 0.29) is 0 Å². The van der Waals surface area contributed by atoms with Crippen LogP contribution in [0.1, 0.15) is 52.4 Å². The molecule has 1 saturated carbocycles. The molecule has 1 heterocycles. The number of likely N-dealkylation sites (tertiary alicyclic amines) is 1. The van der Waals surface area contributed by atoms with Gasteiger partial charge in [0.15, 0.2) is 0 Å². The fourth-order valence-corrected chi connectivity index (χ4v) is 3.84. The molecule has 0 bridgehead atoms. The zero-order valence-electron chi connectivity index (χ0n) is 12.9. The standard InChI is InChI=1S/C16H32N2O/c1-3-17-16-10-6-5-8-14(16)12-18-11-7-9-15(13-18)19-4-2/h14-17H,3-13H2,1-2H3. The maximum atomic E-state index is 5.82. The molecule has 2 aliphatic rings. The van der Waals surface area contributed by atoms with Gasteiger partial charge in [-0.05, 0) is 51.6 Å². The monoisotopic (exact) mass is 268 g/mol. The lowest BCUT2D eigenvalue weighted by Crippen LogP contribution is -2.47. The van der Waals surface area contributed by atoms with E-state index in [0.29, 0.717) is 6.10 Å². The Morgan fingerprint density at radius 1 is 1.11 bits per heavy atom. The predicted molar refractivity (Wildman–Crippen MR) is 80.5 cm³/mol. The molecule has 1 aliphatic heterocycles. The zero-order chi connectivity index (χ0) is 13.5. The van der Waals surface area contributed by atoms with E-state index in [0.717, 1.165) is 31.7 Å². The highest BCUT2D eigenvalue weighted by Crippen LogP contribution is 2.26. The summed E-state index contributed by atoms with van der Waals surface area (Å²) in [5, 5.41) is 3.70. The highest BCUT2D eigenvalue weighted by atomic mass is 16.5. The number of nitrogens with one attached hydrogen (secondary N) is 1. The van der Waals surface area contributed by atoms with Crippen LogP contribution in [0.4, 0.5) is 0 Å². The SMILES string of the molecule is CCNC1CCCCC1CN1CCCC(OCC)C1. The molecule has 2 rings (SSSR count). The minimum atomic E-state index is 0.486. The average Bonchev–Trinajstić information content (AvgIpc) is 2.42. The van der Waals surface area contributed by atoms with Crippen molar-refractivity contribution in [3.8, 4) is 0 Å². The van der Waals surface area contributed by atoms with Gasteiger partial charge in [-0.2, -0.15) is 0 Å². The molecule has 1 aliphatic carbocycles. The number of rotatable bonds is 6. The minimum Gasteiger partial charge on any atom is -0.377 e. The molecule has 0 spiro atoms. The van der Waals surface area contributed by atoms with Crippen LogP contribution in [0.5, 0.6) is 0 Å². The third-order valence-electron chi connectivity index (χ3n) is 4.73. The molecule has 0 radical (unpaired) electrons. The van der Waals surface area contributed by atoms with E-state index in [1.807, 2.05) is 0 Å². The van der Waals surface area contributed by atoms with E-state index in [1.165, 1.54) is 51.6 Å². The quantitative estimate of drug-likeness (QED) is 0.801. The first-order valence-electron chi connectivity index (χ1n) is 8.40. The van der Waals surface area contributed by atoms with Crippen molar-refractivity contribution in [2.24, 2.45) is 5.92 Å². The number of hydrogen-bond acceptors (Lipinski definition) is 3. The summed E-state index contributed by atoms with van der Waals surface area (Å²) >= 11 is 0. The van der Waals surface area contributed by atoms with Crippen molar-refractivity contribution in [1.29, 1.82) is 0 Å². The summed E-state index contributed by atoms with van der Waals surface area (Å²) in [6.45, 7) is 10.0. The molecule has 0 aromatic heterocycles. The van der Waals surface area contributed by atoms with Gasteiger partial charge in [-0.15, -0.1) is 0 Å². The zero-order valence-corrected chi connectivity index (χ0v) is 12.9. The van der Waals surface area contributed by atoms with E-state index in [1.54, 1.807) is 0 Å². The van der Waals surface area contributed by atoms with Gasteiger partial charge in [0.1, 0.15) is 0 Å². The van der Waals surface area contributed by atoms with Crippen LogP contribution in [0.3, 0.4) is 0 Å². The van der Waals surface area contributed by atoms with Gasteiger partial charge < -0.3 is 15.0 Å². The molecule has 112 valence electrons. The van der Waals surface area contributed by atoms with Gasteiger partial charge in [0.25, 0.3) is 0 Å². The maximum absolute atomic E-state index is 5.82. The van der Waals surface area contributed by atoms with Gasteiger partial charge >= 0.3 is 0 Å². The van der Waals surface area contributed by atoms with Crippen LogP contribution in [-0.2, 0) is 4.74 Å². The third-order valence-corrected chi connectivity index (χ3v) is 4.73. The lowest BCUT2D eigenvalue weighted by molar-refractivity contribution is -0.00150. The summed E-state index contributed by atoms with van der Waals surface area (Å²) < 4.78 is 5.82. The number of ether oxygens (including phenoxy) is 1. The van der Waals surface area contributed by atoms with Crippen molar-refractivity contribution >= 4 is 0 Å². The van der Waals surface area contributed by atoms with Crippen molar-refractivity contribution in [3.63, 3.8) is 0 Å². The maximum Gasteiger partial charge on any atom is 0.0702 e. The summed E-state index contributed by atoms with van der Waals surface area (Å²) in [4.78, 5) is 2.66. The Kier molecular flexibility index (Phi) is 6.62. The van der Waals surface area contributed by atoms with Crippen molar-refractivity contribution in [2.45, 2.75) is 64.5 Å². The summed E-state index contributed by atoms with van der Waals surface area (Å²) in [6.07, 6.45) is 8.68. The van der Waals surface area contributed by atoms with Crippen LogP contribution < -0.4 is 5.32 Å². The number of hydrogen-bond donors (Lipinski definition) is 1. The topological polar surface area (TPSA) is 24.5 Å². The molecule has 19 heavy (non-hydrogen) atoms. The van der Waals surface area contributed by atoms with Gasteiger partial charge in [0.05, 0.1) is 6.10 Å². The van der Waals surface area contributed by atoms with Crippen LogP contribution in [0, 0.1) is 5.92 Å². The Labute approximate surface area is 119 Å². The third kappa shape index (κ3) is 4.73. The highest BCUT2D eigenvalue weighted by Gasteiger charge is 2.28. The fourth-order valence-electron chi connectivity index (χ4n) is 3.84. The smallest absolute Gasteiger partial charge is 0.0702 e. The molecule has 1 saturated heterocycles. The van der Waals surface area contributed by atoms with Crippen molar-refractivity contribution in [2.75, 3.05) is 32.8 Å². The largest absolute Gasteiger partial charge is 0.377 e. The fraction of sp³-hybridized carbons (Fsp3) is 1.00. The van der Waals surface area contributed by atoms with E-state index in [9.17, 15) is 0 Å². The molecule has 2 fully saturated rings. The Hall–Kier alpha value is -0.120. The Bertz CT molecular complexity index is 243. The molecular formula is C16H32N2O. The van der Waals surface area contributed by atoms with Crippen LogP contribution >= 0.6 is 0 Å². The molecule has 3 unspecified atom stereocenters. The molecule has 3 nitrogen and oxygen atoms in total. The first kappa shape index (κ1) is 15.3. The first-order chi connectivity index (χ1) is 9.33. The summed E-state index contributed by atoms with van der Waals surface area (Å²) in [6, 6.07) is 0.756. The molecule has 0 aromatic rings. The second-order valence-electron chi connectivity index (χ2n) is 6.19. The first-order valence-corrected chi connectivity index (χ1v) is 8.40. The van der Waals surface area contributed by atoms with Crippen LogP contribution in [0.2, 0.25) is 0 Å². The van der Waals surface area contributed by atoms with Crippen molar-refractivity contribution in [1.82, 2.24) is 10.2 Å². The van der Waals surface area contributed by atoms with Gasteiger partial charge in [0.2, 0.25) is 0 Å². The normalized spacial score (nSPS) is 33.5. The average molecular weight is 268 g/mol. The predicted octanol–water partition coefficient (Wildman–Crippen LogP) is 2.66. The minimum absolute atomic E-state index is 0.486. The Morgan fingerprint density at radius 3 is 2.74 bits per heavy atom. The van der Waals surface area contributed by atoms with Crippen LogP contribution in [0.25, 0.3) is 0 Å². The summed E-state index contributed by atoms with van der Waals surface area (Å²) in [5.74, 6) is 0.856. The highest BCUT2D eigenvalue weighted by molar-refractivity contribution is 4.84. The van der Waals surface area contributed by atoms with Crippen molar-refractivity contribution in [3.05, 3.63) is 0 Å².